The number of methoxy groups -OCH3 is 1. The van der Waals surface area contributed by atoms with Gasteiger partial charge in [0.2, 0.25) is 0 Å². The minimum absolute atomic E-state index is 0.204. The van der Waals surface area contributed by atoms with Crippen molar-refractivity contribution in [2.45, 2.75) is 25.8 Å². The van der Waals surface area contributed by atoms with Crippen LogP contribution in [0.3, 0.4) is 0 Å². The van der Waals surface area contributed by atoms with Gasteiger partial charge in [-0.25, -0.2) is 8.42 Å². The first kappa shape index (κ1) is 18.3. The second-order valence-electron chi connectivity index (χ2n) is 7.00. The Hall–Kier alpha value is -1.47. The second-order valence-corrected chi connectivity index (χ2v) is 9.18. The van der Waals surface area contributed by atoms with E-state index in [1.165, 1.54) is 6.26 Å². The van der Waals surface area contributed by atoms with Gasteiger partial charge in [-0.05, 0) is 31.4 Å². The Morgan fingerprint density at radius 1 is 1.20 bits per heavy atom. The zero-order chi connectivity index (χ0) is 17.9. The lowest BCUT2D eigenvalue weighted by Gasteiger charge is -2.32. The van der Waals surface area contributed by atoms with Crippen molar-refractivity contribution >= 4 is 9.84 Å². The van der Waals surface area contributed by atoms with E-state index in [9.17, 15) is 8.42 Å². The molecule has 2 heterocycles. The van der Waals surface area contributed by atoms with Crippen LogP contribution in [0.2, 0.25) is 0 Å². The molecule has 25 heavy (non-hydrogen) atoms. The molecule has 1 atom stereocenters. The molecule has 0 aromatic heterocycles. The molecule has 2 aliphatic rings. The molecular weight excluding hydrogens is 342 g/mol. The van der Waals surface area contributed by atoms with Crippen LogP contribution in [0.4, 0.5) is 0 Å². The van der Waals surface area contributed by atoms with Gasteiger partial charge in [0.15, 0.2) is 11.5 Å². The number of piperidine rings is 1. The highest BCUT2D eigenvalue weighted by Gasteiger charge is 2.24. The molecule has 140 valence electrons. The molecule has 0 bridgehead atoms. The molecule has 1 fully saturated rings. The number of hydrogen-bond donors (Lipinski definition) is 0. The average Bonchev–Trinajstić information content (AvgIpc) is 2.77. The lowest BCUT2D eigenvalue weighted by atomic mass is 9.99. The Kier molecular flexibility index (Phi) is 5.74. The first-order chi connectivity index (χ1) is 11.9. The van der Waals surface area contributed by atoms with Gasteiger partial charge in [0.05, 0.1) is 26.1 Å². The van der Waals surface area contributed by atoms with Crippen molar-refractivity contribution in [2.75, 3.05) is 45.4 Å². The number of nitrogens with zero attached hydrogens (tertiary/aromatic N) is 1. The van der Waals surface area contributed by atoms with Crippen molar-refractivity contribution in [1.29, 1.82) is 0 Å². The van der Waals surface area contributed by atoms with Crippen molar-refractivity contribution in [3.8, 4) is 17.2 Å². The molecule has 1 saturated heterocycles. The lowest BCUT2D eigenvalue weighted by molar-refractivity contribution is 0.176. The van der Waals surface area contributed by atoms with E-state index in [2.05, 4.69) is 4.90 Å². The van der Waals surface area contributed by atoms with Gasteiger partial charge < -0.3 is 14.2 Å². The van der Waals surface area contributed by atoms with Crippen molar-refractivity contribution in [3.05, 3.63) is 17.7 Å². The summed E-state index contributed by atoms with van der Waals surface area (Å²) in [4.78, 5) is 2.31. The van der Waals surface area contributed by atoms with Crippen LogP contribution >= 0.6 is 0 Å². The maximum atomic E-state index is 11.6. The first-order valence-corrected chi connectivity index (χ1v) is 10.9. The maximum Gasteiger partial charge on any atom is 0.164 e. The Labute approximate surface area is 150 Å². The third kappa shape index (κ3) is 5.01. The Morgan fingerprint density at radius 3 is 2.60 bits per heavy atom. The zero-order valence-electron chi connectivity index (χ0n) is 15.0. The van der Waals surface area contributed by atoms with Crippen LogP contribution in [0.5, 0.6) is 17.2 Å². The minimum Gasteiger partial charge on any atom is -0.496 e. The lowest BCUT2D eigenvalue weighted by Crippen LogP contribution is -2.37. The quantitative estimate of drug-likeness (QED) is 0.792. The molecule has 0 spiro atoms. The first-order valence-electron chi connectivity index (χ1n) is 8.81. The van der Waals surface area contributed by atoms with Gasteiger partial charge in [-0.1, -0.05) is 0 Å². The fourth-order valence-corrected chi connectivity index (χ4v) is 4.77. The van der Waals surface area contributed by atoms with Crippen LogP contribution in [0.1, 0.15) is 24.8 Å². The molecule has 0 saturated carbocycles. The fourth-order valence-electron chi connectivity index (χ4n) is 3.65. The summed E-state index contributed by atoms with van der Waals surface area (Å²) < 4.78 is 40.2. The predicted octanol–water partition coefficient (Wildman–Crippen LogP) is 2.11. The van der Waals surface area contributed by atoms with Crippen LogP contribution in [0.15, 0.2) is 12.1 Å². The molecule has 0 radical (unpaired) electrons. The summed E-state index contributed by atoms with van der Waals surface area (Å²) in [5.74, 6) is 2.75. The monoisotopic (exact) mass is 369 g/mol. The molecule has 0 aliphatic carbocycles. The summed E-state index contributed by atoms with van der Waals surface area (Å²) in [6, 6.07) is 3.90. The van der Waals surface area contributed by atoms with E-state index >= 15 is 0 Å². The van der Waals surface area contributed by atoms with Crippen molar-refractivity contribution in [3.63, 3.8) is 0 Å². The summed E-state index contributed by atoms with van der Waals surface area (Å²) in [7, 11) is -1.28. The van der Waals surface area contributed by atoms with Crippen molar-refractivity contribution in [2.24, 2.45) is 5.92 Å². The molecule has 0 amide bonds. The van der Waals surface area contributed by atoms with E-state index in [1.807, 2.05) is 12.1 Å². The third-order valence-electron chi connectivity index (χ3n) is 4.69. The smallest absolute Gasteiger partial charge is 0.164 e. The summed E-state index contributed by atoms with van der Waals surface area (Å²) in [6.45, 7) is 3.79. The van der Waals surface area contributed by atoms with Gasteiger partial charge >= 0.3 is 0 Å². The normalized spacial score (nSPS) is 21.6. The van der Waals surface area contributed by atoms with E-state index in [4.69, 9.17) is 14.2 Å². The predicted molar refractivity (Wildman–Crippen MR) is 96.3 cm³/mol. The van der Waals surface area contributed by atoms with Gasteiger partial charge in [0.1, 0.15) is 15.6 Å². The fraction of sp³-hybridized carbons (Fsp3) is 0.667. The molecule has 2 aliphatic heterocycles. The van der Waals surface area contributed by atoms with Crippen LogP contribution in [-0.2, 0) is 16.4 Å². The van der Waals surface area contributed by atoms with Crippen LogP contribution in [-0.4, -0.2) is 58.7 Å². The van der Waals surface area contributed by atoms with Crippen LogP contribution in [0.25, 0.3) is 0 Å². The van der Waals surface area contributed by atoms with E-state index < -0.39 is 9.84 Å². The molecule has 6 nitrogen and oxygen atoms in total. The highest BCUT2D eigenvalue weighted by Crippen LogP contribution is 2.37. The zero-order valence-corrected chi connectivity index (χ0v) is 15.8. The summed E-state index contributed by atoms with van der Waals surface area (Å²) in [5.41, 5.74) is 1.05. The third-order valence-corrected chi connectivity index (χ3v) is 5.76. The van der Waals surface area contributed by atoms with Crippen LogP contribution < -0.4 is 14.2 Å². The summed E-state index contributed by atoms with van der Waals surface area (Å²) in [5, 5.41) is 0. The maximum absolute atomic E-state index is 11.6. The Morgan fingerprint density at radius 2 is 1.92 bits per heavy atom. The molecule has 1 aromatic carbocycles. The number of ether oxygens (including phenoxy) is 3. The van der Waals surface area contributed by atoms with E-state index in [0.29, 0.717) is 13.2 Å². The molecule has 1 aromatic rings. The van der Waals surface area contributed by atoms with E-state index in [1.54, 1.807) is 7.11 Å². The van der Waals surface area contributed by atoms with Crippen LogP contribution in [0, 0.1) is 5.92 Å². The average molecular weight is 369 g/mol. The largest absolute Gasteiger partial charge is 0.496 e. The number of fused-ring (bicyclic) bond motifs is 1. The van der Waals surface area contributed by atoms with E-state index in [-0.39, 0.29) is 11.7 Å². The van der Waals surface area contributed by atoms with Gasteiger partial charge in [-0.3, -0.25) is 4.90 Å². The van der Waals surface area contributed by atoms with Gasteiger partial charge in [0, 0.05) is 37.4 Å². The molecule has 0 unspecified atom stereocenters. The van der Waals surface area contributed by atoms with E-state index in [0.717, 1.165) is 61.7 Å². The Bertz CT molecular complexity index is 704. The number of hydrogen-bond acceptors (Lipinski definition) is 6. The van der Waals surface area contributed by atoms with Gasteiger partial charge in [0.25, 0.3) is 0 Å². The topological polar surface area (TPSA) is 65.1 Å². The minimum atomic E-state index is -2.94. The van der Waals surface area contributed by atoms with Gasteiger partial charge in [-0.15, -0.1) is 0 Å². The van der Waals surface area contributed by atoms with Crippen molar-refractivity contribution in [1.82, 2.24) is 4.90 Å². The number of benzene rings is 1. The number of sulfone groups is 1. The second kappa shape index (κ2) is 7.83. The summed E-state index contributed by atoms with van der Waals surface area (Å²) >= 11 is 0. The molecule has 3 rings (SSSR count). The summed E-state index contributed by atoms with van der Waals surface area (Å²) in [6.07, 6.45) is 4.18. The SMILES string of the molecule is COc1cc2c(cc1CN1CCC[C@H](CS(C)(=O)=O)C1)OCCCO2. The van der Waals surface area contributed by atoms with Gasteiger partial charge in [-0.2, -0.15) is 0 Å². The highest BCUT2D eigenvalue weighted by molar-refractivity contribution is 7.90. The number of likely N-dealkylation sites (tertiary alicyclic amines) is 1. The standard InChI is InChI=1S/C18H27NO5S/c1-22-16-10-18-17(23-7-4-8-24-18)9-15(16)12-19-6-3-5-14(11-19)13-25(2,20)21/h9-10,14H,3-8,11-13H2,1-2H3/t14-/m0/s1. The molecular formula is C18H27NO5S. The Balaban J connectivity index is 1.74. The highest BCUT2D eigenvalue weighted by atomic mass is 32.2. The molecule has 0 N–H and O–H groups in total. The number of rotatable bonds is 5. The van der Waals surface area contributed by atoms with Crippen molar-refractivity contribution < 1.29 is 22.6 Å². The molecule has 7 heteroatoms.